The van der Waals surface area contributed by atoms with E-state index in [-0.39, 0.29) is 5.41 Å². The fourth-order valence-electron chi connectivity index (χ4n) is 2.20. The van der Waals surface area contributed by atoms with Crippen molar-refractivity contribution in [3.63, 3.8) is 0 Å². The second-order valence-corrected chi connectivity index (χ2v) is 6.94. The predicted molar refractivity (Wildman–Crippen MR) is 71.3 cm³/mol. The van der Waals surface area contributed by atoms with Crippen molar-refractivity contribution in [2.45, 2.75) is 45.6 Å². The molecule has 1 aliphatic rings. The molecule has 17 heavy (non-hydrogen) atoms. The van der Waals surface area contributed by atoms with E-state index in [0.29, 0.717) is 12.5 Å². The zero-order valence-corrected chi connectivity index (χ0v) is 11.8. The van der Waals surface area contributed by atoms with Crippen molar-refractivity contribution in [1.82, 2.24) is 4.98 Å². The molecular formula is C13H22N2OS. The quantitative estimate of drug-likeness (QED) is 0.901. The largest absolute Gasteiger partial charge is 0.381 e. The molecule has 0 bridgehead atoms. The maximum absolute atomic E-state index is 5.81. The molecule has 0 aromatic carbocycles. The average Bonchev–Trinajstić information content (AvgIpc) is 2.86. The fraction of sp³-hybridized carbons (Fsp3) is 0.769. The van der Waals surface area contributed by atoms with Gasteiger partial charge in [-0.2, -0.15) is 0 Å². The summed E-state index contributed by atoms with van der Waals surface area (Å²) in [6.45, 7) is 9.00. The topological polar surface area (TPSA) is 48.1 Å². The Labute approximate surface area is 107 Å². The molecule has 1 aromatic heterocycles. The smallest absolute Gasteiger partial charge is 0.0935 e. The van der Waals surface area contributed by atoms with Crippen LogP contribution in [0.5, 0.6) is 0 Å². The first kappa shape index (κ1) is 13.0. The highest BCUT2D eigenvalue weighted by Gasteiger charge is 2.24. The van der Waals surface area contributed by atoms with Crippen molar-refractivity contribution in [3.8, 4) is 0 Å². The second-order valence-electron chi connectivity index (χ2n) is 5.77. The van der Waals surface area contributed by atoms with Crippen LogP contribution in [0.2, 0.25) is 0 Å². The number of hydrogen-bond donors (Lipinski definition) is 1. The number of aromatic nitrogens is 1. The Morgan fingerprint density at radius 1 is 1.47 bits per heavy atom. The van der Waals surface area contributed by atoms with E-state index in [1.54, 1.807) is 11.3 Å². The minimum absolute atomic E-state index is 0.0929. The fourth-order valence-corrected chi connectivity index (χ4v) is 3.48. The summed E-state index contributed by atoms with van der Waals surface area (Å²) in [5, 5.41) is 1.23. The van der Waals surface area contributed by atoms with E-state index in [0.717, 1.165) is 19.6 Å². The number of hydrogen-bond acceptors (Lipinski definition) is 4. The average molecular weight is 254 g/mol. The summed E-state index contributed by atoms with van der Waals surface area (Å²) in [6.07, 6.45) is 2.22. The number of ether oxygens (including phenoxy) is 1. The van der Waals surface area contributed by atoms with Gasteiger partial charge in [0.1, 0.15) is 0 Å². The Balaban J connectivity index is 2.15. The summed E-state index contributed by atoms with van der Waals surface area (Å²) >= 11 is 1.78. The van der Waals surface area contributed by atoms with E-state index >= 15 is 0 Å². The zero-order chi connectivity index (χ0) is 12.5. The van der Waals surface area contributed by atoms with Gasteiger partial charge in [0.2, 0.25) is 0 Å². The van der Waals surface area contributed by atoms with Crippen LogP contribution < -0.4 is 5.73 Å². The molecule has 0 aliphatic carbocycles. The molecule has 96 valence electrons. The molecule has 1 aliphatic heterocycles. The van der Waals surface area contributed by atoms with Crippen LogP contribution in [0.1, 0.15) is 42.8 Å². The molecular weight excluding hydrogens is 232 g/mol. The predicted octanol–water partition coefficient (Wildman–Crippen LogP) is 2.48. The highest BCUT2D eigenvalue weighted by atomic mass is 32.1. The normalized spacial score (nSPS) is 21.1. The minimum atomic E-state index is 0.0929. The molecule has 3 nitrogen and oxygen atoms in total. The maximum Gasteiger partial charge on any atom is 0.0935 e. The number of nitrogens with two attached hydrogens (primary N) is 1. The molecule has 2 heterocycles. The molecule has 0 spiro atoms. The van der Waals surface area contributed by atoms with E-state index in [4.69, 9.17) is 15.5 Å². The Morgan fingerprint density at radius 3 is 2.71 bits per heavy atom. The summed E-state index contributed by atoms with van der Waals surface area (Å²) in [5.41, 5.74) is 7.09. The van der Waals surface area contributed by atoms with Crippen LogP contribution in [0, 0.1) is 5.92 Å². The lowest BCUT2D eigenvalue weighted by molar-refractivity contribution is 0.186. The third-order valence-corrected chi connectivity index (χ3v) is 4.22. The van der Waals surface area contributed by atoms with Gasteiger partial charge >= 0.3 is 0 Å². The van der Waals surface area contributed by atoms with Crippen LogP contribution in [0.15, 0.2) is 0 Å². The van der Waals surface area contributed by atoms with E-state index < -0.39 is 0 Å². The number of thiazole rings is 1. The maximum atomic E-state index is 5.81. The first-order chi connectivity index (χ1) is 8.00. The second kappa shape index (κ2) is 5.04. The van der Waals surface area contributed by atoms with Crippen molar-refractivity contribution in [2.24, 2.45) is 11.7 Å². The molecule has 4 heteroatoms. The van der Waals surface area contributed by atoms with Crippen LogP contribution in [-0.2, 0) is 23.1 Å². The van der Waals surface area contributed by atoms with Crippen molar-refractivity contribution in [1.29, 1.82) is 0 Å². The van der Waals surface area contributed by atoms with Crippen molar-refractivity contribution < 1.29 is 4.74 Å². The zero-order valence-electron chi connectivity index (χ0n) is 11.0. The van der Waals surface area contributed by atoms with Gasteiger partial charge < -0.3 is 10.5 Å². The van der Waals surface area contributed by atoms with Crippen LogP contribution >= 0.6 is 11.3 Å². The Morgan fingerprint density at radius 2 is 2.24 bits per heavy atom. The molecule has 1 unspecified atom stereocenters. The summed E-state index contributed by atoms with van der Waals surface area (Å²) in [4.78, 5) is 6.04. The van der Waals surface area contributed by atoms with Crippen molar-refractivity contribution in [3.05, 3.63) is 15.6 Å². The number of rotatable bonds is 3. The van der Waals surface area contributed by atoms with Gasteiger partial charge in [-0.15, -0.1) is 11.3 Å². The van der Waals surface area contributed by atoms with E-state index in [1.807, 2.05) is 0 Å². The van der Waals surface area contributed by atoms with Crippen molar-refractivity contribution in [2.75, 3.05) is 13.2 Å². The SMILES string of the molecule is CC(C)(C)c1nc(CC2CCOC2)sc1CN. The summed E-state index contributed by atoms with van der Waals surface area (Å²) in [7, 11) is 0. The van der Waals surface area contributed by atoms with Crippen LogP contribution in [0.4, 0.5) is 0 Å². The lowest BCUT2D eigenvalue weighted by Crippen LogP contribution is -2.15. The van der Waals surface area contributed by atoms with Crippen molar-refractivity contribution >= 4 is 11.3 Å². The lowest BCUT2D eigenvalue weighted by atomic mass is 9.91. The molecule has 0 amide bonds. The third-order valence-electron chi connectivity index (χ3n) is 3.12. The summed E-state index contributed by atoms with van der Waals surface area (Å²) < 4.78 is 5.41. The first-order valence-electron chi connectivity index (χ1n) is 6.27. The van der Waals surface area contributed by atoms with Crippen LogP contribution in [-0.4, -0.2) is 18.2 Å². The highest BCUT2D eigenvalue weighted by Crippen LogP contribution is 2.31. The standard InChI is InChI=1S/C13H22N2OS/c1-13(2,3)12-10(7-14)17-11(15-12)6-9-4-5-16-8-9/h9H,4-8,14H2,1-3H3. The van der Waals surface area contributed by atoms with Gasteiger partial charge in [0.25, 0.3) is 0 Å². The molecule has 2 N–H and O–H groups in total. The molecule has 1 saturated heterocycles. The monoisotopic (exact) mass is 254 g/mol. The molecule has 1 atom stereocenters. The van der Waals surface area contributed by atoms with Crippen LogP contribution in [0.25, 0.3) is 0 Å². The van der Waals surface area contributed by atoms with E-state index in [2.05, 4.69) is 20.8 Å². The number of nitrogens with zero attached hydrogens (tertiary/aromatic N) is 1. The Hall–Kier alpha value is -0.450. The minimum Gasteiger partial charge on any atom is -0.381 e. The van der Waals surface area contributed by atoms with E-state index in [1.165, 1.54) is 22.0 Å². The molecule has 1 fully saturated rings. The van der Waals surface area contributed by atoms with Gasteiger partial charge in [0.05, 0.1) is 10.7 Å². The molecule has 2 rings (SSSR count). The van der Waals surface area contributed by atoms with Gasteiger partial charge in [-0.05, 0) is 12.3 Å². The lowest BCUT2D eigenvalue weighted by Gasteiger charge is -2.17. The first-order valence-corrected chi connectivity index (χ1v) is 7.09. The van der Waals surface area contributed by atoms with Gasteiger partial charge in [-0.25, -0.2) is 4.98 Å². The van der Waals surface area contributed by atoms with Gasteiger partial charge in [0, 0.05) is 36.5 Å². The van der Waals surface area contributed by atoms with Gasteiger partial charge in [0.15, 0.2) is 0 Å². The summed E-state index contributed by atoms with van der Waals surface area (Å²) in [5.74, 6) is 0.652. The highest BCUT2D eigenvalue weighted by molar-refractivity contribution is 7.11. The third kappa shape index (κ3) is 3.06. The summed E-state index contributed by atoms with van der Waals surface area (Å²) in [6, 6.07) is 0. The Kier molecular flexibility index (Phi) is 3.85. The molecule has 0 radical (unpaired) electrons. The van der Waals surface area contributed by atoms with Gasteiger partial charge in [-0.3, -0.25) is 0 Å². The Bertz CT molecular complexity index is 375. The van der Waals surface area contributed by atoms with E-state index in [9.17, 15) is 0 Å². The van der Waals surface area contributed by atoms with Gasteiger partial charge in [-0.1, -0.05) is 20.8 Å². The van der Waals surface area contributed by atoms with Crippen LogP contribution in [0.3, 0.4) is 0 Å². The molecule has 1 aromatic rings. The molecule has 0 saturated carbocycles.